The largest absolute Gasteiger partial charge is 0.310 e. The van der Waals surface area contributed by atoms with E-state index >= 15 is 0 Å². The van der Waals surface area contributed by atoms with Crippen LogP contribution in [0.4, 0.5) is 17.1 Å². The minimum atomic E-state index is -0.417. The second-order valence-corrected chi connectivity index (χ2v) is 14.1. The first-order valence-corrected chi connectivity index (χ1v) is 17.5. The van der Waals surface area contributed by atoms with Crippen LogP contribution >= 0.6 is 0 Å². The van der Waals surface area contributed by atoms with Gasteiger partial charge < -0.3 is 14.0 Å². The summed E-state index contributed by atoms with van der Waals surface area (Å²) >= 11 is 0. The van der Waals surface area contributed by atoms with E-state index in [2.05, 4.69) is 167 Å². The normalized spacial score (nSPS) is 13.3. The Balaban J connectivity index is 1.19. The maximum absolute atomic E-state index is 9.84. The number of para-hydroxylation sites is 3. The van der Waals surface area contributed by atoms with Crippen LogP contribution in [0.1, 0.15) is 36.1 Å². The summed E-state index contributed by atoms with van der Waals surface area (Å²) in [6.07, 6.45) is 0. The number of rotatable bonds is 3. The average molecular weight is 666 g/mol. The van der Waals surface area contributed by atoms with Gasteiger partial charge in [0.2, 0.25) is 0 Å². The Morgan fingerprint density at radius 2 is 0.885 bits per heavy atom. The highest BCUT2D eigenvalue weighted by Crippen LogP contribution is 2.52. The predicted octanol–water partition coefficient (Wildman–Crippen LogP) is 11.7. The molecule has 9 aromatic rings. The lowest BCUT2D eigenvalue weighted by Gasteiger charge is -2.42. The van der Waals surface area contributed by atoms with Crippen LogP contribution in [0.2, 0.25) is 0 Å². The lowest BCUT2D eigenvalue weighted by Crippen LogP contribution is -2.31. The highest BCUT2D eigenvalue weighted by atomic mass is 15.2. The van der Waals surface area contributed by atoms with E-state index in [4.69, 9.17) is 0 Å². The van der Waals surface area contributed by atoms with Gasteiger partial charge in [0.1, 0.15) is 0 Å². The van der Waals surface area contributed by atoms with Crippen molar-refractivity contribution < 1.29 is 0 Å². The fourth-order valence-electron chi connectivity index (χ4n) is 8.51. The van der Waals surface area contributed by atoms with E-state index in [0.717, 1.165) is 50.6 Å². The van der Waals surface area contributed by atoms with Crippen LogP contribution in [0.5, 0.6) is 0 Å². The summed E-state index contributed by atoms with van der Waals surface area (Å²) in [4.78, 5) is 2.27. The molecule has 7 aromatic carbocycles. The maximum Gasteiger partial charge on any atom is 0.0991 e. The molecular formula is C47H31N5. The van der Waals surface area contributed by atoms with E-state index in [0.29, 0.717) is 11.1 Å². The van der Waals surface area contributed by atoms with Gasteiger partial charge >= 0.3 is 0 Å². The Bertz CT molecular complexity index is 2910. The highest BCUT2D eigenvalue weighted by molar-refractivity contribution is 6.12. The van der Waals surface area contributed by atoms with Crippen molar-refractivity contribution in [3.63, 3.8) is 0 Å². The number of nitrogens with zero attached hydrogens (tertiary/aromatic N) is 5. The van der Waals surface area contributed by atoms with Gasteiger partial charge in [-0.25, -0.2) is 0 Å². The van der Waals surface area contributed by atoms with Crippen molar-refractivity contribution in [2.45, 2.75) is 19.3 Å². The first kappa shape index (κ1) is 29.8. The van der Waals surface area contributed by atoms with Gasteiger partial charge in [0.25, 0.3) is 0 Å². The van der Waals surface area contributed by atoms with Crippen molar-refractivity contribution in [2.24, 2.45) is 0 Å². The zero-order valence-electron chi connectivity index (χ0n) is 28.7. The van der Waals surface area contributed by atoms with Crippen LogP contribution < -0.4 is 4.90 Å². The van der Waals surface area contributed by atoms with Crippen molar-refractivity contribution in [3.05, 3.63) is 174 Å². The molecule has 0 spiro atoms. The van der Waals surface area contributed by atoms with Gasteiger partial charge in [-0.15, -0.1) is 0 Å². The monoisotopic (exact) mass is 665 g/mol. The van der Waals surface area contributed by atoms with Gasteiger partial charge in [-0.3, -0.25) is 0 Å². The van der Waals surface area contributed by atoms with Gasteiger partial charge in [0.05, 0.1) is 56.7 Å². The van der Waals surface area contributed by atoms with Gasteiger partial charge in [0.15, 0.2) is 0 Å². The third-order valence-electron chi connectivity index (χ3n) is 10.9. The SMILES string of the molecule is CC1(C)c2cc(C#N)ccc2N(c2cccc(-n3c4ccccc4c4cc(-n5c6ccccc6c6ccccc65)ccc43)c2)c2ccc(C#N)cc21. The molecule has 3 heterocycles. The number of fused-ring (bicyclic) bond motifs is 8. The molecule has 52 heavy (non-hydrogen) atoms. The van der Waals surface area contributed by atoms with Crippen LogP contribution in [0.25, 0.3) is 55.0 Å². The molecule has 5 nitrogen and oxygen atoms in total. The molecule has 2 aromatic heterocycles. The quantitative estimate of drug-likeness (QED) is 0.189. The summed E-state index contributed by atoms with van der Waals surface area (Å²) in [6, 6.07) is 57.9. The summed E-state index contributed by atoms with van der Waals surface area (Å²) in [7, 11) is 0. The number of nitriles is 2. The van der Waals surface area contributed by atoms with Crippen LogP contribution in [0, 0.1) is 22.7 Å². The van der Waals surface area contributed by atoms with Crippen molar-refractivity contribution in [2.75, 3.05) is 4.90 Å². The smallest absolute Gasteiger partial charge is 0.0991 e. The van der Waals surface area contributed by atoms with E-state index in [-0.39, 0.29) is 0 Å². The Morgan fingerprint density at radius 3 is 1.42 bits per heavy atom. The van der Waals surface area contributed by atoms with E-state index < -0.39 is 5.41 Å². The minimum absolute atomic E-state index is 0.417. The van der Waals surface area contributed by atoms with E-state index in [1.54, 1.807) is 0 Å². The molecule has 10 rings (SSSR count). The standard InChI is InChI=1S/C47H31N5/c1-47(2)39-24-30(28-48)18-21-45(39)52(46-22-19-31(29-49)25-40(46)47)33-11-9-10-32(26-33)50-43-17-8-5-14-37(43)38-27-34(20-23-44(38)50)51-41-15-6-3-12-35(41)36-13-4-7-16-42(36)51/h3-27H,1-2H3. The minimum Gasteiger partial charge on any atom is -0.310 e. The van der Waals surface area contributed by atoms with E-state index in [1.165, 1.54) is 32.6 Å². The van der Waals surface area contributed by atoms with Crippen molar-refractivity contribution in [1.29, 1.82) is 10.5 Å². The Kier molecular flexibility index (Phi) is 6.28. The molecule has 0 amide bonds. The third-order valence-corrected chi connectivity index (χ3v) is 10.9. The molecule has 0 saturated carbocycles. The highest BCUT2D eigenvalue weighted by Gasteiger charge is 2.37. The van der Waals surface area contributed by atoms with E-state index in [9.17, 15) is 10.5 Å². The number of aromatic nitrogens is 2. The molecule has 0 saturated heterocycles. The van der Waals surface area contributed by atoms with Crippen molar-refractivity contribution in [3.8, 4) is 23.5 Å². The summed E-state index contributed by atoms with van der Waals surface area (Å²) in [5.41, 5.74) is 12.8. The van der Waals surface area contributed by atoms with Gasteiger partial charge in [-0.2, -0.15) is 10.5 Å². The number of benzene rings is 7. The molecule has 1 aliphatic rings. The van der Waals surface area contributed by atoms with Crippen LogP contribution in [0.15, 0.2) is 152 Å². The predicted molar refractivity (Wildman–Crippen MR) is 211 cm³/mol. The van der Waals surface area contributed by atoms with Crippen LogP contribution in [0.3, 0.4) is 0 Å². The van der Waals surface area contributed by atoms with E-state index in [1.807, 2.05) is 24.3 Å². The molecule has 5 heteroatoms. The van der Waals surface area contributed by atoms with Crippen LogP contribution in [-0.2, 0) is 5.41 Å². The Hall–Kier alpha value is -7.08. The Morgan fingerprint density at radius 1 is 0.423 bits per heavy atom. The van der Waals surface area contributed by atoms with Gasteiger partial charge in [0, 0.05) is 44.0 Å². The van der Waals surface area contributed by atoms with Crippen molar-refractivity contribution in [1.82, 2.24) is 9.13 Å². The average Bonchev–Trinajstić information content (AvgIpc) is 3.70. The van der Waals surface area contributed by atoms with Crippen molar-refractivity contribution >= 4 is 60.7 Å². The zero-order chi connectivity index (χ0) is 35.1. The van der Waals surface area contributed by atoms with Crippen LogP contribution in [-0.4, -0.2) is 9.13 Å². The molecule has 0 atom stereocenters. The number of anilines is 3. The second kappa shape index (κ2) is 11.0. The van der Waals surface area contributed by atoms with Gasteiger partial charge in [-0.1, -0.05) is 74.5 Å². The molecule has 0 unspecified atom stereocenters. The molecule has 0 aliphatic carbocycles. The lowest BCUT2D eigenvalue weighted by molar-refractivity contribution is 0.631. The molecular weight excluding hydrogens is 635 g/mol. The zero-order valence-corrected chi connectivity index (χ0v) is 28.7. The number of hydrogen-bond acceptors (Lipinski definition) is 3. The summed E-state index contributed by atoms with van der Waals surface area (Å²) in [5.74, 6) is 0. The summed E-state index contributed by atoms with van der Waals surface area (Å²) in [6.45, 7) is 4.35. The Labute approximate surface area is 301 Å². The third kappa shape index (κ3) is 4.14. The first-order valence-electron chi connectivity index (χ1n) is 17.5. The fourth-order valence-corrected chi connectivity index (χ4v) is 8.51. The molecule has 244 valence electrons. The summed E-state index contributed by atoms with van der Waals surface area (Å²) < 4.78 is 4.73. The number of hydrogen-bond donors (Lipinski definition) is 0. The molecule has 0 bridgehead atoms. The topological polar surface area (TPSA) is 60.7 Å². The lowest BCUT2D eigenvalue weighted by atomic mass is 9.72. The molecule has 0 fully saturated rings. The maximum atomic E-state index is 9.84. The first-order chi connectivity index (χ1) is 25.5. The second-order valence-electron chi connectivity index (χ2n) is 14.1. The summed E-state index contributed by atoms with van der Waals surface area (Å²) in [5, 5.41) is 24.5. The van der Waals surface area contributed by atoms with Gasteiger partial charge in [-0.05, 0) is 102 Å². The molecule has 0 N–H and O–H groups in total. The fraction of sp³-hybridized carbons (Fsp3) is 0.0638. The molecule has 1 aliphatic heterocycles. The molecule has 0 radical (unpaired) electrons.